The van der Waals surface area contributed by atoms with Gasteiger partial charge in [-0.25, -0.2) is 4.44 Å². The SMILES string of the molecule is CCOP(OCC)N1c2ccccc2OP1OCC. The van der Waals surface area contributed by atoms with Gasteiger partial charge in [0.2, 0.25) is 0 Å². The van der Waals surface area contributed by atoms with E-state index in [1.807, 2.05) is 49.5 Å². The van der Waals surface area contributed by atoms with Crippen LogP contribution < -0.4 is 8.96 Å². The third kappa shape index (κ3) is 3.36. The lowest BCUT2D eigenvalue weighted by Crippen LogP contribution is -2.13. The molecule has 0 fully saturated rings. The zero-order valence-electron chi connectivity index (χ0n) is 11.4. The first-order valence-corrected chi connectivity index (χ1v) is 8.63. The number of hydrogen-bond donors (Lipinski definition) is 0. The number of anilines is 1. The van der Waals surface area contributed by atoms with E-state index < -0.39 is 17.1 Å². The fraction of sp³-hybridized carbons (Fsp3) is 0.500. The van der Waals surface area contributed by atoms with Gasteiger partial charge in [0.05, 0.1) is 25.5 Å². The number of rotatable bonds is 7. The Morgan fingerprint density at radius 2 is 1.79 bits per heavy atom. The van der Waals surface area contributed by atoms with Crippen LogP contribution >= 0.6 is 17.1 Å². The Balaban J connectivity index is 2.25. The summed E-state index contributed by atoms with van der Waals surface area (Å²) < 4.78 is 25.0. The molecule has 0 bridgehead atoms. The highest BCUT2D eigenvalue weighted by Gasteiger charge is 2.40. The minimum absolute atomic E-state index is 0.595. The van der Waals surface area contributed by atoms with Crippen molar-refractivity contribution in [3.8, 4) is 5.75 Å². The van der Waals surface area contributed by atoms with Crippen molar-refractivity contribution in [2.45, 2.75) is 20.8 Å². The second-order valence-electron chi connectivity index (χ2n) is 3.58. The maximum Gasteiger partial charge on any atom is 0.360 e. The molecule has 1 aliphatic rings. The number of benzene rings is 1. The summed E-state index contributed by atoms with van der Waals surface area (Å²) in [4.78, 5) is 0. The molecule has 1 aromatic carbocycles. The number of fused-ring (bicyclic) bond motifs is 1. The van der Waals surface area contributed by atoms with Gasteiger partial charge in [-0.15, -0.1) is 0 Å². The van der Waals surface area contributed by atoms with Crippen molar-refractivity contribution in [1.29, 1.82) is 0 Å². The molecule has 0 N–H and O–H groups in total. The lowest BCUT2D eigenvalue weighted by atomic mass is 10.3. The van der Waals surface area contributed by atoms with Crippen LogP contribution in [0.4, 0.5) is 5.69 Å². The van der Waals surface area contributed by atoms with Gasteiger partial charge in [-0.3, -0.25) is 0 Å². The lowest BCUT2D eigenvalue weighted by Gasteiger charge is -2.28. The van der Waals surface area contributed by atoms with Crippen LogP contribution in [0, 0.1) is 0 Å². The van der Waals surface area contributed by atoms with Gasteiger partial charge in [0.15, 0.2) is 5.75 Å². The first kappa shape index (κ1) is 15.0. The van der Waals surface area contributed by atoms with Crippen LogP contribution in [0.5, 0.6) is 5.75 Å². The highest BCUT2D eigenvalue weighted by molar-refractivity contribution is 7.68. The van der Waals surface area contributed by atoms with Gasteiger partial charge in [-0.2, -0.15) is 0 Å². The van der Waals surface area contributed by atoms with Gasteiger partial charge >= 0.3 is 8.53 Å². The predicted molar refractivity (Wildman–Crippen MR) is 78.3 cm³/mol. The number of nitrogens with zero attached hydrogens (tertiary/aromatic N) is 1. The first-order valence-electron chi connectivity index (χ1n) is 6.37. The molecule has 0 amide bonds. The summed E-state index contributed by atoms with van der Waals surface area (Å²) in [6.45, 7) is 7.66. The van der Waals surface area contributed by atoms with Crippen molar-refractivity contribution in [3.05, 3.63) is 24.3 Å². The molecular weight excluding hydrogens is 284 g/mol. The third-order valence-electron chi connectivity index (χ3n) is 2.29. The number of hydrogen-bond acceptors (Lipinski definition) is 5. The zero-order valence-corrected chi connectivity index (χ0v) is 13.2. The lowest BCUT2D eigenvalue weighted by molar-refractivity contribution is 0.268. The average molecular weight is 303 g/mol. The van der Waals surface area contributed by atoms with Gasteiger partial charge < -0.3 is 18.1 Å². The van der Waals surface area contributed by atoms with E-state index in [2.05, 4.69) is 0 Å². The summed E-state index contributed by atoms with van der Waals surface area (Å²) in [5, 5.41) is 0. The van der Waals surface area contributed by atoms with Crippen LogP contribution in [-0.4, -0.2) is 19.8 Å². The molecule has 0 radical (unpaired) electrons. The minimum Gasteiger partial charge on any atom is -0.429 e. The molecule has 1 unspecified atom stereocenters. The van der Waals surface area contributed by atoms with Crippen molar-refractivity contribution in [3.63, 3.8) is 0 Å². The molecule has 5 nitrogen and oxygen atoms in total. The van der Waals surface area contributed by atoms with Crippen LogP contribution in [0.25, 0.3) is 0 Å². The Morgan fingerprint density at radius 3 is 2.42 bits per heavy atom. The average Bonchev–Trinajstić information content (AvgIpc) is 2.77. The van der Waals surface area contributed by atoms with E-state index in [0.717, 1.165) is 11.4 Å². The smallest absolute Gasteiger partial charge is 0.360 e. The van der Waals surface area contributed by atoms with Crippen LogP contribution in [0.15, 0.2) is 24.3 Å². The summed E-state index contributed by atoms with van der Waals surface area (Å²) >= 11 is 0. The van der Waals surface area contributed by atoms with Crippen LogP contribution in [0.3, 0.4) is 0 Å². The quantitative estimate of drug-likeness (QED) is 0.696. The minimum atomic E-state index is -1.19. The molecule has 2 rings (SSSR count). The Kier molecular flexibility index (Phi) is 5.80. The van der Waals surface area contributed by atoms with Crippen molar-refractivity contribution in [2.24, 2.45) is 0 Å². The summed E-state index contributed by atoms with van der Waals surface area (Å²) in [7, 11) is -2.37. The summed E-state index contributed by atoms with van der Waals surface area (Å²) in [5.74, 6) is 0.828. The molecule has 0 saturated carbocycles. The number of para-hydroxylation sites is 2. The summed E-state index contributed by atoms with van der Waals surface area (Å²) in [5.41, 5.74) is 0.982. The van der Waals surface area contributed by atoms with E-state index in [0.29, 0.717) is 19.8 Å². The van der Waals surface area contributed by atoms with E-state index in [1.165, 1.54) is 0 Å². The molecule has 1 aliphatic heterocycles. The van der Waals surface area contributed by atoms with Gasteiger partial charge in [0, 0.05) is 0 Å². The predicted octanol–water partition coefficient (Wildman–Crippen LogP) is 4.45. The van der Waals surface area contributed by atoms with Crippen LogP contribution in [-0.2, 0) is 13.6 Å². The molecule has 0 aromatic heterocycles. The van der Waals surface area contributed by atoms with Gasteiger partial charge in [0.25, 0.3) is 8.53 Å². The maximum absolute atomic E-state index is 5.86. The maximum atomic E-state index is 5.86. The van der Waals surface area contributed by atoms with E-state index in [4.69, 9.17) is 18.1 Å². The van der Waals surface area contributed by atoms with E-state index in [-0.39, 0.29) is 0 Å². The fourth-order valence-electron chi connectivity index (χ4n) is 1.62. The second kappa shape index (κ2) is 7.37. The van der Waals surface area contributed by atoms with Gasteiger partial charge in [-0.05, 0) is 32.9 Å². The molecule has 0 saturated heterocycles. The Bertz CT molecular complexity index is 401. The Labute approximate surface area is 116 Å². The molecular formula is C12H19NO4P2. The molecule has 1 heterocycles. The van der Waals surface area contributed by atoms with Crippen LogP contribution in [0.2, 0.25) is 0 Å². The van der Waals surface area contributed by atoms with E-state index in [9.17, 15) is 0 Å². The van der Waals surface area contributed by atoms with Crippen molar-refractivity contribution in [1.82, 2.24) is 0 Å². The molecule has 0 aliphatic carbocycles. The second-order valence-corrected chi connectivity index (χ2v) is 6.60. The van der Waals surface area contributed by atoms with E-state index in [1.54, 1.807) is 0 Å². The van der Waals surface area contributed by atoms with Crippen molar-refractivity contribution < 1.29 is 18.1 Å². The van der Waals surface area contributed by atoms with Gasteiger partial charge in [-0.1, -0.05) is 12.1 Å². The first-order chi connectivity index (χ1) is 9.31. The summed E-state index contributed by atoms with van der Waals surface area (Å²) in [6.07, 6.45) is 0. The molecule has 19 heavy (non-hydrogen) atoms. The highest BCUT2D eigenvalue weighted by atomic mass is 31.2. The Morgan fingerprint density at radius 1 is 1.11 bits per heavy atom. The monoisotopic (exact) mass is 303 g/mol. The molecule has 1 aromatic rings. The van der Waals surface area contributed by atoms with E-state index >= 15 is 0 Å². The Hall–Kier alpha value is -0.440. The molecule has 7 heteroatoms. The topological polar surface area (TPSA) is 40.2 Å². The highest BCUT2D eigenvalue weighted by Crippen LogP contribution is 2.67. The van der Waals surface area contributed by atoms with Crippen LogP contribution in [0.1, 0.15) is 20.8 Å². The van der Waals surface area contributed by atoms with Crippen molar-refractivity contribution in [2.75, 3.05) is 24.3 Å². The molecule has 0 spiro atoms. The zero-order chi connectivity index (χ0) is 13.7. The molecule has 1 atom stereocenters. The fourth-order valence-corrected chi connectivity index (χ4v) is 4.87. The third-order valence-corrected chi connectivity index (χ3v) is 6.00. The summed E-state index contributed by atoms with van der Waals surface area (Å²) in [6, 6.07) is 7.87. The largest absolute Gasteiger partial charge is 0.429 e. The standard InChI is InChI=1S/C12H19NO4P2/c1-4-14-18(15-5-2)13-11-9-7-8-10-12(11)17-19(13)16-6-3/h7-10H,4-6H2,1-3H3. The molecule has 106 valence electrons. The van der Waals surface area contributed by atoms with Crippen molar-refractivity contribution >= 4 is 22.7 Å². The van der Waals surface area contributed by atoms with Gasteiger partial charge in [0.1, 0.15) is 0 Å². The normalized spacial score (nSPS) is 17.7.